The van der Waals surface area contributed by atoms with E-state index < -0.39 is 0 Å². The number of likely N-dealkylation sites (tertiary alicyclic amines) is 1. The zero-order valence-corrected chi connectivity index (χ0v) is 12.7. The summed E-state index contributed by atoms with van der Waals surface area (Å²) in [5.74, 6) is 1.18. The Morgan fingerprint density at radius 1 is 1.09 bits per heavy atom. The van der Waals surface area contributed by atoms with Gasteiger partial charge in [-0.3, -0.25) is 4.79 Å². The van der Waals surface area contributed by atoms with Gasteiger partial charge < -0.3 is 9.64 Å². The monoisotopic (exact) mass is 293 g/mol. The highest BCUT2D eigenvalue weighted by atomic mass is 16.5. The van der Waals surface area contributed by atoms with Gasteiger partial charge in [-0.15, -0.1) is 0 Å². The van der Waals surface area contributed by atoms with Gasteiger partial charge in [-0.05, 0) is 41.7 Å². The Bertz CT molecular complexity index is 725. The van der Waals surface area contributed by atoms with Crippen molar-refractivity contribution < 1.29 is 9.53 Å². The lowest BCUT2D eigenvalue weighted by atomic mass is 9.76. The molecule has 1 aliphatic heterocycles. The molecule has 0 aromatic heterocycles. The second kappa shape index (κ2) is 4.87. The molecule has 1 unspecified atom stereocenters. The Hall–Kier alpha value is -2.29. The van der Waals surface area contributed by atoms with Gasteiger partial charge in [-0.1, -0.05) is 36.4 Å². The van der Waals surface area contributed by atoms with Gasteiger partial charge in [0.1, 0.15) is 5.75 Å². The fraction of sp³-hybridized carbons (Fsp3) is 0.316. The third-order valence-corrected chi connectivity index (χ3v) is 4.92. The Balaban J connectivity index is 1.49. The van der Waals surface area contributed by atoms with Crippen LogP contribution < -0.4 is 4.74 Å². The van der Waals surface area contributed by atoms with Crippen molar-refractivity contribution in [2.45, 2.75) is 19.4 Å². The zero-order valence-electron chi connectivity index (χ0n) is 12.7. The van der Waals surface area contributed by atoms with Crippen molar-refractivity contribution >= 4 is 5.91 Å². The van der Waals surface area contributed by atoms with Gasteiger partial charge in [-0.25, -0.2) is 0 Å². The average Bonchev–Trinajstić information content (AvgIpc) is 2.95. The van der Waals surface area contributed by atoms with Crippen LogP contribution in [0.3, 0.4) is 0 Å². The predicted octanol–water partition coefficient (Wildman–Crippen LogP) is 2.82. The molecule has 4 rings (SSSR count). The maximum Gasteiger partial charge on any atom is 0.231 e. The SMILES string of the molecule is COc1ccc2c(c1)CC1(C2)CN(Cc2ccccc2)C1=O. The van der Waals surface area contributed by atoms with Crippen LogP contribution in [0, 0.1) is 5.41 Å². The van der Waals surface area contributed by atoms with Crippen molar-refractivity contribution in [1.29, 1.82) is 0 Å². The van der Waals surface area contributed by atoms with E-state index in [2.05, 4.69) is 24.3 Å². The highest BCUT2D eigenvalue weighted by molar-refractivity contribution is 5.90. The van der Waals surface area contributed by atoms with E-state index in [1.54, 1.807) is 7.11 Å². The molecule has 2 aromatic carbocycles. The third kappa shape index (κ3) is 2.00. The summed E-state index contributed by atoms with van der Waals surface area (Å²) < 4.78 is 5.29. The molecular weight excluding hydrogens is 274 g/mol. The summed E-state index contributed by atoms with van der Waals surface area (Å²) in [7, 11) is 1.68. The maximum atomic E-state index is 12.7. The number of carbonyl (C=O) groups excluding carboxylic acids is 1. The van der Waals surface area contributed by atoms with Crippen molar-refractivity contribution in [2.75, 3.05) is 13.7 Å². The molecule has 1 spiro atoms. The number of amides is 1. The smallest absolute Gasteiger partial charge is 0.231 e. The van der Waals surface area contributed by atoms with Crippen molar-refractivity contribution in [3.63, 3.8) is 0 Å². The Morgan fingerprint density at radius 3 is 2.59 bits per heavy atom. The van der Waals surface area contributed by atoms with E-state index in [0.29, 0.717) is 5.91 Å². The minimum absolute atomic E-state index is 0.191. The Labute approximate surface area is 130 Å². The number of hydrogen-bond acceptors (Lipinski definition) is 2. The Morgan fingerprint density at radius 2 is 1.86 bits per heavy atom. The number of carbonyl (C=O) groups is 1. The average molecular weight is 293 g/mol. The van der Waals surface area contributed by atoms with Crippen molar-refractivity contribution in [2.24, 2.45) is 5.41 Å². The van der Waals surface area contributed by atoms with E-state index in [1.165, 1.54) is 16.7 Å². The first-order valence-electron chi connectivity index (χ1n) is 7.69. The lowest BCUT2D eigenvalue weighted by molar-refractivity contribution is -0.160. The largest absolute Gasteiger partial charge is 0.497 e. The molecular formula is C19H19NO2. The first kappa shape index (κ1) is 13.4. The van der Waals surface area contributed by atoms with Crippen LogP contribution in [0.1, 0.15) is 16.7 Å². The number of methoxy groups -OCH3 is 1. The van der Waals surface area contributed by atoms with E-state index in [1.807, 2.05) is 29.2 Å². The summed E-state index contributed by atoms with van der Waals surface area (Å²) in [4.78, 5) is 14.7. The van der Waals surface area contributed by atoms with Gasteiger partial charge in [0.15, 0.2) is 0 Å². The van der Waals surface area contributed by atoms with Gasteiger partial charge >= 0.3 is 0 Å². The first-order valence-corrected chi connectivity index (χ1v) is 7.69. The van der Waals surface area contributed by atoms with Crippen LogP contribution in [-0.4, -0.2) is 24.5 Å². The standard InChI is InChI=1S/C19H19NO2/c1-22-17-8-7-15-10-19(11-16(15)9-17)13-20(18(19)21)12-14-5-3-2-4-6-14/h2-9H,10-13H2,1H3. The number of benzene rings is 2. The van der Waals surface area contributed by atoms with Crippen LogP contribution in [0.5, 0.6) is 5.75 Å². The fourth-order valence-corrected chi connectivity index (χ4v) is 3.80. The van der Waals surface area contributed by atoms with E-state index in [4.69, 9.17) is 4.74 Å². The molecule has 1 heterocycles. The number of hydrogen-bond donors (Lipinski definition) is 0. The third-order valence-electron chi connectivity index (χ3n) is 4.92. The normalized spacial score (nSPS) is 22.6. The second-order valence-corrected chi connectivity index (χ2v) is 6.42. The molecule has 22 heavy (non-hydrogen) atoms. The lowest BCUT2D eigenvalue weighted by Gasteiger charge is -2.47. The second-order valence-electron chi connectivity index (χ2n) is 6.42. The number of nitrogens with zero attached hydrogens (tertiary/aromatic N) is 1. The van der Waals surface area contributed by atoms with Crippen molar-refractivity contribution in [3.8, 4) is 5.75 Å². The fourth-order valence-electron chi connectivity index (χ4n) is 3.80. The van der Waals surface area contributed by atoms with Crippen molar-refractivity contribution in [3.05, 3.63) is 65.2 Å². The van der Waals surface area contributed by atoms with Crippen LogP contribution in [0.4, 0.5) is 0 Å². The molecule has 0 radical (unpaired) electrons. The topological polar surface area (TPSA) is 29.5 Å². The number of fused-ring (bicyclic) bond motifs is 1. The zero-order chi connectivity index (χ0) is 15.2. The summed E-state index contributed by atoms with van der Waals surface area (Å²) in [6.07, 6.45) is 1.72. The van der Waals surface area contributed by atoms with Gasteiger partial charge in [-0.2, -0.15) is 0 Å². The van der Waals surface area contributed by atoms with Gasteiger partial charge in [0.25, 0.3) is 0 Å². The quantitative estimate of drug-likeness (QED) is 0.814. The molecule has 1 aliphatic carbocycles. The highest BCUT2D eigenvalue weighted by Gasteiger charge is 2.54. The molecule has 3 nitrogen and oxygen atoms in total. The number of rotatable bonds is 3. The summed E-state index contributed by atoms with van der Waals surface area (Å²) in [5.41, 5.74) is 3.58. The molecule has 1 fully saturated rings. The van der Waals surface area contributed by atoms with Gasteiger partial charge in [0, 0.05) is 13.1 Å². The van der Waals surface area contributed by atoms with Crippen LogP contribution in [-0.2, 0) is 24.2 Å². The summed E-state index contributed by atoms with van der Waals surface area (Å²) in [5, 5.41) is 0. The molecule has 112 valence electrons. The summed E-state index contributed by atoms with van der Waals surface area (Å²) in [6, 6.07) is 16.4. The van der Waals surface area contributed by atoms with Gasteiger partial charge in [0.2, 0.25) is 5.91 Å². The molecule has 1 amide bonds. The van der Waals surface area contributed by atoms with Crippen LogP contribution in [0.2, 0.25) is 0 Å². The lowest BCUT2D eigenvalue weighted by Crippen LogP contribution is -2.61. The van der Waals surface area contributed by atoms with E-state index in [9.17, 15) is 4.79 Å². The van der Waals surface area contributed by atoms with E-state index in [0.717, 1.165) is 31.7 Å². The molecule has 3 heteroatoms. The molecule has 0 bridgehead atoms. The minimum Gasteiger partial charge on any atom is -0.497 e. The predicted molar refractivity (Wildman–Crippen MR) is 84.7 cm³/mol. The molecule has 1 atom stereocenters. The van der Waals surface area contributed by atoms with Gasteiger partial charge in [0.05, 0.1) is 12.5 Å². The highest BCUT2D eigenvalue weighted by Crippen LogP contribution is 2.46. The van der Waals surface area contributed by atoms with Crippen LogP contribution >= 0.6 is 0 Å². The molecule has 0 N–H and O–H groups in total. The van der Waals surface area contributed by atoms with Crippen LogP contribution in [0.25, 0.3) is 0 Å². The van der Waals surface area contributed by atoms with Crippen LogP contribution in [0.15, 0.2) is 48.5 Å². The molecule has 0 saturated carbocycles. The van der Waals surface area contributed by atoms with Crippen molar-refractivity contribution in [1.82, 2.24) is 4.90 Å². The van der Waals surface area contributed by atoms with E-state index in [-0.39, 0.29) is 5.41 Å². The number of β-lactam (4-membered cyclic amide) rings is 1. The Kier molecular flexibility index (Phi) is 2.96. The minimum atomic E-state index is -0.191. The molecule has 2 aromatic rings. The maximum absolute atomic E-state index is 12.7. The number of ether oxygens (including phenoxy) is 1. The molecule has 2 aliphatic rings. The summed E-state index contributed by atoms with van der Waals surface area (Å²) >= 11 is 0. The summed E-state index contributed by atoms with van der Waals surface area (Å²) in [6.45, 7) is 1.58. The molecule has 1 saturated heterocycles. The first-order chi connectivity index (χ1) is 10.7. The van der Waals surface area contributed by atoms with E-state index >= 15 is 0 Å².